The van der Waals surface area contributed by atoms with Gasteiger partial charge in [0.25, 0.3) is 11.5 Å². The quantitative estimate of drug-likeness (QED) is 0.264. The average Bonchev–Trinajstić information content (AvgIpc) is 3.00. The molecule has 1 amide bonds. The smallest absolute Gasteiger partial charge is 0.416 e. The van der Waals surface area contributed by atoms with Crippen molar-refractivity contribution in [2.45, 2.75) is 6.18 Å². The molecular weight excluding hydrogens is 621 g/mol. The van der Waals surface area contributed by atoms with Gasteiger partial charge in [0, 0.05) is 28.7 Å². The minimum atomic E-state index is -4.58. The standard InChI is InChI=1S/C29H24BrF3N4O5/c1-40-24-14-19(22(30)15-25(24)42-17-26(38)36-9-11-41-12-10-36)16-34-37-27(18-5-4-6-20(13-18)29(31,32)33)35-23-8-3-2-7-21(23)28(37)39/h2-8,13-16H,9-12,17H2,1H3. The van der Waals surface area contributed by atoms with Crippen LogP contribution in [-0.2, 0) is 15.7 Å². The van der Waals surface area contributed by atoms with Crippen LogP contribution in [0.25, 0.3) is 22.3 Å². The zero-order chi connectivity index (χ0) is 29.9. The highest BCUT2D eigenvalue weighted by Crippen LogP contribution is 2.34. The van der Waals surface area contributed by atoms with Gasteiger partial charge in [-0.3, -0.25) is 9.59 Å². The lowest BCUT2D eigenvalue weighted by Gasteiger charge is -2.26. The number of amides is 1. The van der Waals surface area contributed by atoms with Crippen molar-refractivity contribution in [3.63, 3.8) is 0 Å². The summed E-state index contributed by atoms with van der Waals surface area (Å²) >= 11 is 3.45. The van der Waals surface area contributed by atoms with Crippen LogP contribution in [-0.4, -0.2) is 66.7 Å². The SMILES string of the molecule is COc1cc(C=Nn2c(-c3cccc(C(F)(F)F)c3)nc3ccccc3c2=O)c(Br)cc1OCC(=O)N1CCOCC1. The molecule has 13 heteroatoms. The molecule has 2 heterocycles. The minimum Gasteiger partial charge on any atom is -0.493 e. The molecule has 0 spiro atoms. The molecule has 0 unspecified atom stereocenters. The van der Waals surface area contributed by atoms with Crippen LogP contribution in [0.5, 0.6) is 11.5 Å². The molecule has 5 rings (SSSR count). The number of alkyl halides is 3. The maximum Gasteiger partial charge on any atom is 0.416 e. The fourth-order valence-electron chi connectivity index (χ4n) is 4.34. The molecule has 0 radical (unpaired) electrons. The number of hydrogen-bond acceptors (Lipinski definition) is 7. The number of aromatic nitrogens is 2. The van der Waals surface area contributed by atoms with Crippen molar-refractivity contribution in [3.05, 3.63) is 86.6 Å². The van der Waals surface area contributed by atoms with E-state index >= 15 is 0 Å². The predicted molar refractivity (Wildman–Crippen MR) is 153 cm³/mol. The van der Waals surface area contributed by atoms with Gasteiger partial charge in [0.2, 0.25) is 0 Å². The van der Waals surface area contributed by atoms with Gasteiger partial charge in [-0.05, 0) is 52.3 Å². The Labute approximate surface area is 246 Å². The number of hydrogen-bond donors (Lipinski definition) is 0. The lowest BCUT2D eigenvalue weighted by molar-refractivity contribution is -0.138. The molecule has 3 aromatic carbocycles. The van der Waals surface area contributed by atoms with E-state index in [2.05, 4.69) is 26.0 Å². The molecule has 0 N–H and O–H groups in total. The van der Waals surface area contributed by atoms with E-state index < -0.39 is 17.3 Å². The first-order chi connectivity index (χ1) is 20.2. The van der Waals surface area contributed by atoms with Gasteiger partial charge < -0.3 is 19.1 Å². The van der Waals surface area contributed by atoms with Crippen LogP contribution < -0.4 is 15.0 Å². The summed E-state index contributed by atoms with van der Waals surface area (Å²) in [4.78, 5) is 32.1. The molecule has 1 aliphatic rings. The third-order valence-electron chi connectivity index (χ3n) is 6.51. The fourth-order valence-corrected chi connectivity index (χ4v) is 4.76. The molecule has 1 aliphatic heterocycles. The lowest BCUT2D eigenvalue weighted by Crippen LogP contribution is -2.43. The second-order valence-electron chi connectivity index (χ2n) is 9.20. The van der Waals surface area contributed by atoms with Gasteiger partial charge in [-0.15, -0.1) is 0 Å². The Kier molecular flexibility index (Phi) is 8.59. The normalized spacial score (nSPS) is 14.0. The number of methoxy groups -OCH3 is 1. The number of halogens is 4. The molecule has 218 valence electrons. The van der Waals surface area contributed by atoms with Crippen LogP contribution in [0.1, 0.15) is 11.1 Å². The Bertz CT molecular complexity index is 1720. The van der Waals surface area contributed by atoms with E-state index in [1.165, 1.54) is 25.5 Å². The summed E-state index contributed by atoms with van der Waals surface area (Å²) in [5.74, 6) is 0.354. The van der Waals surface area contributed by atoms with Crippen molar-refractivity contribution in [2.24, 2.45) is 5.10 Å². The van der Waals surface area contributed by atoms with Gasteiger partial charge >= 0.3 is 6.18 Å². The Hall–Kier alpha value is -4.23. The summed E-state index contributed by atoms with van der Waals surface area (Å²) in [5, 5.41) is 4.58. The molecule has 1 saturated heterocycles. The largest absolute Gasteiger partial charge is 0.493 e. The van der Waals surface area contributed by atoms with E-state index in [0.29, 0.717) is 53.4 Å². The number of carbonyl (C=O) groups is 1. The number of benzene rings is 3. The number of nitrogens with zero attached hydrogens (tertiary/aromatic N) is 4. The minimum absolute atomic E-state index is 0.0642. The molecule has 0 atom stereocenters. The van der Waals surface area contributed by atoms with Crippen LogP contribution in [0.15, 0.2) is 75.0 Å². The first-order valence-corrected chi connectivity index (χ1v) is 13.5. The summed E-state index contributed by atoms with van der Waals surface area (Å²) < 4.78 is 58.3. The van der Waals surface area contributed by atoms with Gasteiger partial charge in [-0.25, -0.2) is 4.98 Å². The Morgan fingerprint density at radius 1 is 1.10 bits per heavy atom. The predicted octanol–water partition coefficient (Wildman–Crippen LogP) is 4.97. The Balaban J connectivity index is 1.50. The van der Waals surface area contributed by atoms with Crippen molar-refractivity contribution in [2.75, 3.05) is 40.0 Å². The zero-order valence-corrected chi connectivity index (χ0v) is 23.8. The highest BCUT2D eigenvalue weighted by atomic mass is 79.9. The first-order valence-electron chi connectivity index (χ1n) is 12.8. The molecular formula is C29H24BrF3N4O5. The zero-order valence-electron chi connectivity index (χ0n) is 22.2. The number of morpholine rings is 1. The van der Waals surface area contributed by atoms with Crippen LogP contribution in [0, 0.1) is 0 Å². The Morgan fingerprint density at radius 2 is 1.86 bits per heavy atom. The number of rotatable bonds is 7. The van der Waals surface area contributed by atoms with Crippen molar-refractivity contribution in [1.82, 2.24) is 14.6 Å². The average molecular weight is 645 g/mol. The third-order valence-corrected chi connectivity index (χ3v) is 7.20. The summed E-state index contributed by atoms with van der Waals surface area (Å²) in [7, 11) is 1.43. The maximum absolute atomic E-state index is 13.5. The van der Waals surface area contributed by atoms with E-state index in [-0.39, 0.29) is 29.3 Å². The molecule has 9 nitrogen and oxygen atoms in total. The van der Waals surface area contributed by atoms with Crippen LogP contribution >= 0.6 is 15.9 Å². The molecule has 42 heavy (non-hydrogen) atoms. The van der Waals surface area contributed by atoms with Gasteiger partial charge in [-0.2, -0.15) is 22.9 Å². The topological polar surface area (TPSA) is 95.2 Å². The number of para-hydroxylation sites is 1. The van der Waals surface area contributed by atoms with E-state index in [1.807, 2.05) is 0 Å². The van der Waals surface area contributed by atoms with E-state index in [4.69, 9.17) is 14.2 Å². The van der Waals surface area contributed by atoms with E-state index in [0.717, 1.165) is 16.8 Å². The molecule has 1 fully saturated rings. The summed E-state index contributed by atoms with van der Waals surface area (Å²) in [5.41, 5.74) is -0.594. The van der Waals surface area contributed by atoms with E-state index in [9.17, 15) is 22.8 Å². The Morgan fingerprint density at radius 3 is 2.60 bits per heavy atom. The monoisotopic (exact) mass is 644 g/mol. The maximum atomic E-state index is 13.5. The molecule has 4 aromatic rings. The molecule has 0 bridgehead atoms. The van der Waals surface area contributed by atoms with Gasteiger partial charge in [0.05, 0.1) is 43.0 Å². The second kappa shape index (κ2) is 12.3. The summed E-state index contributed by atoms with van der Waals surface area (Å²) in [6, 6.07) is 14.2. The highest BCUT2D eigenvalue weighted by Gasteiger charge is 2.31. The van der Waals surface area contributed by atoms with Crippen molar-refractivity contribution in [3.8, 4) is 22.9 Å². The molecule has 0 aliphatic carbocycles. The number of ether oxygens (including phenoxy) is 3. The lowest BCUT2D eigenvalue weighted by atomic mass is 10.1. The van der Waals surface area contributed by atoms with Gasteiger partial charge in [-0.1, -0.05) is 24.3 Å². The molecule has 0 saturated carbocycles. The molecule has 1 aromatic heterocycles. The number of carbonyl (C=O) groups excluding carboxylic acids is 1. The van der Waals surface area contributed by atoms with Crippen LogP contribution in [0.4, 0.5) is 13.2 Å². The van der Waals surface area contributed by atoms with Crippen LogP contribution in [0.3, 0.4) is 0 Å². The van der Waals surface area contributed by atoms with E-state index in [1.54, 1.807) is 41.3 Å². The first kappa shape index (κ1) is 29.3. The summed E-state index contributed by atoms with van der Waals surface area (Å²) in [6.07, 6.45) is -3.23. The summed E-state index contributed by atoms with van der Waals surface area (Å²) in [6.45, 7) is 1.72. The fraction of sp³-hybridized carbons (Fsp3) is 0.241. The third kappa shape index (κ3) is 6.31. The van der Waals surface area contributed by atoms with Crippen molar-refractivity contribution >= 4 is 39.0 Å². The number of fused-ring (bicyclic) bond motifs is 1. The second-order valence-corrected chi connectivity index (χ2v) is 10.1. The van der Waals surface area contributed by atoms with Crippen molar-refractivity contribution in [1.29, 1.82) is 0 Å². The van der Waals surface area contributed by atoms with Crippen LogP contribution in [0.2, 0.25) is 0 Å². The van der Waals surface area contributed by atoms with Crippen molar-refractivity contribution < 1.29 is 32.2 Å². The highest BCUT2D eigenvalue weighted by molar-refractivity contribution is 9.10. The van der Waals surface area contributed by atoms with Gasteiger partial charge in [0.1, 0.15) is 0 Å². The van der Waals surface area contributed by atoms with Gasteiger partial charge in [0.15, 0.2) is 23.9 Å².